The standard InChI is InChI=1S/C10H15NO3/c1-12-10-4-2-8(3-5-11)6-9(10)13-7-14-10/h2,4,6,8H,3,5,7,11H2,1H3. The molecule has 14 heavy (non-hydrogen) atoms. The Bertz CT molecular complexity index is 275. The Morgan fingerprint density at radius 3 is 3.29 bits per heavy atom. The van der Waals surface area contributed by atoms with Gasteiger partial charge in [-0.15, -0.1) is 0 Å². The topological polar surface area (TPSA) is 53.7 Å². The van der Waals surface area contributed by atoms with Crippen molar-refractivity contribution in [1.29, 1.82) is 0 Å². The van der Waals surface area contributed by atoms with Crippen LogP contribution in [-0.4, -0.2) is 26.2 Å². The fourth-order valence-corrected chi connectivity index (χ4v) is 1.75. The molecule has 4 heteroatoms. The molecule has 2 aliphatic rings. The molecular weight excluding hydrogens is 182 g/mol. The molecule has 1 fully saturated rings. The third kappa shape index (κ3) is 1.45. The van der Waals surface area contributed by atoms with Gasteiger partial charge in [0.15, 0.2) is 12.6 Å². The number of nitrogens with two attached hydrogens (primary N) is 1. The molecule has 0 aromatic heterocycles. The molecule has 0 spiro atoms. The summed E-state index contributed by atoms with van der Waals surface area (Å²) < 4.78 is 16.0. The van der Waals surface area contributed by atoms with E-state index in [-0.39, 0.29) is 6.79 Å². The zero-order chi connectivity index (χ0) is 10.0. The molecule has 2 rings (SSSR count). The van der Waals surface area contributed by atoms with Crippen LogP contribution < -0.4 is 5.73 Å². The molecule has 0 aromatic carbocycles. The zero-order valence-corrected chi connectivity index (χ0v) is 8.23. The van der Waals surface area contributed by atoms with Crippen LogP contribution in [0.3, 0.4) is 0 Å². The fourth-order valence-electron chi connectivity index (χ4n) is 1.75. The summed E-state index contributed by atoms with van der Waals surface area (Å²) in [6.07, 6.45) is 6.89. The van der Waals surface area contributed by atoms with Gasteiger partial charge in [0, 0.05) is 7.11 Å². The Balaban J connectivity index is 2.17. The number of rotatable bonds is 3. The maximum absolute atomic E-state index is 5.50. The summed E-state index contributed by atoms with van der Waals surface area (Å²) in [6.45, 7) is 0.916. The summed E-state index contributed by atoms with van der Waals surface area (Å²) >= 11 is 0. The van der Waals surface area contributed by atoms with Gasteiger partial charge < -0.3 is 19.9 Å². The van der Waals surface area contributed by atoms with Gasteiger partial charge in [-0.05, 0) is 31.0 Å². The van der Waals surface area contributed by atoms with E-state index in [1.807, 2.05) is 12.2 Å². The third-order valence-corrected chi connectivity index (χ3v) is 2.56. The van der Waals surface area contributed by atoms with Gasteiger partial charge >= 0.3 is 0 Å². The minimum atomic E-state index is -0.773. The molecule has 2 atom stereocenters. The van der Waals surface area contributed by atoms with Crippen molar-refractivity contribution in [2.24, 2.45) is 11.7 Å². The van der Waals surface area contributed by atoms with Gasteiger partial charge in [-0.3, -0.25) is 0 Å². The number of allylic oxidation sites excluding steroid dienone is 2. The van der Waals surface area contributed by atoms with Crippen molar-refractivity contribution >= 4 is 0 Å². The van der Waals surface area contributed by atoms with Crippen LogP contribution in [0.5, 0.6) is 0 Å². The van der Waals surface area contributed by atoms with Gasteiger partial charge in [-0.2, -0.15) is 0 Å². The minimum absolute atomic E-state index is 0.249. The van der Waals surface area contributed by atoms with E-state index in [1.54, 1.807) is 7.11 Å². The smallest absolute Gasteiger partial charge is 0.250 e. The maximum Gasteiger partial charge on any atom is 0.250 e. The van der Waals surface area contributed by atoms with E-state index in [1.165, 1.54) is 0 Å². The molecule has 0 radical (unpaired) electrons. The van der Waals surface area contributed by atoms with Crippen LogP contribution in [0, 0.1) is 5.92 Å². The van der Waals surface area contributed by atoms with Crippen molar-refractivity contribution in [2.75, 3.05) is 20.4 Å². The molecule has 1 aliphatic heterocycles. The van der Waals surface area contributed by atoms with Gasteiger partial charge in [0.1, 0.15) is 0 Å². The highest BCUT2D eigenvalue weighted by Crippen LogP contribution is 2.36. The zero-order valence-electron chi connectivity index (χ0n) is 8.23. The molecule has 4 nitrogen and oxygen atoms in total. The van der Waals surface area contributed by atoms with E-state index in [2.05, 4.69) is 6.08 Å². The second-order valence-corrected chi connectivity index (χ2v) is 3.41. The van der Waals surface area contributed by atoms with Gasteiger partial charge in [0.25, 0.3) is 0 Å². The minimum Gasteiger partial charge on any atom is -0.466 e. The van der Waals surface area contributed by atoms with Crippen molar-refractivity contribution in [3.05, 3.63) is 24.0 Å². The highest BCUT2D eigenvalue weighted by Gasteiger charge is 2.42. The number of ether oxygens (including phenoxy) is 3. The van der Waals surface area contributed by atoms with Crippen LogP contribution in [0.15, 0.2) is 24.0 Å². The van der Waals surface area contributed by atoms with Crippen molar-refractivity contribution in [1.82, 2.24) is 0 Å². The fraction of sp³-hybridized carbons (Fsp3) is 0.600. The van der Waals surface area contributed by atoms with Crippen LogP contribution in [-0.2, 0) is 14.2 Å². The van der Waals surface area contributed by atoms with E-state index >= 15 is 0 Å². The molecule has 0 aromatic rings. The summed E-state index contributed by atoms with van der Waals surface area (Å²) in [6, 6.07) is 0. The molecule has 0 amide bonds. The van der Waals surface area contributed by atoms with Crippen LogP contribution >= 0.6 is 0 Å². The monoisotopic (exact) mass is 197 g/mol. The van der Waals surface area contributed by atoms with Crippen LogP contribution in [0.4, 0.5) is 0 Å². The van der Waals surface area contributed by atoms with E-state index < -0.39 is 5.79 Å². The quantitative estimate of drug-likeness (QED) is 0.678. The summed E-state index contributed by atoms with van der Waals surface area (Å²) in [4.78, 5) is 0. The molecule has 1 saturated heterocycles. The Hall–Kier alpha value is -0.840. The Labute approximate surface area is 83.3 Å². The molecule has 1 aliphatic carbocycles. The molecular formula is C10H15NO3. The first kappa shape index (κ1) is 9.71. The van der Waals surface area contributed by atoms with Crippen molar-refractivity contribution in [3.8, 4) is 0 Å². The molecule has 2 unspecified atom stereocenters. The van der Waals surface area contributed by atoms with Crippen LogP contribution in [0.25, 0.3) is 0 Å². The van der Waals surface area contributed by atoms with Crippen molar-refractivity contribution in [2.45, 2.75) is 12.2 Å². The molecule has 0 saturated carbocycles. The van der Waals surface area contributed by atoms with Crippen LogP contribution in [0.2, 0.25) is 0 Å². The predicted octanol–water partition coefficient (Wildman–Crippen LogP) is 0.752. The highest BCUT2D eigenvalue weighted by atomic mass is 16.8. The van der Waals surface area contributed by atoms with Gasteiger partial charge in [-0.1, -0.05) is 6.08 Å². The Morgan fingerprint density at radius 2 is 2.57 bits per heavy atom. The first-order chi connectivity index (χ1) is 6.80. The summed E-state index contributed by atoms with van der Waals surface area (Å²) in [7, 11) is 1.61. The first-order valence-corrected chi connectivity index (χ1v) is 4.74. The van der Waals surface area contributed by atoms with Gasteiger partial charge in [0.05, 0.1) is 0 Å². The average Bonchev–Trinajstić information content (AvgIpc) is 2.62. The maximum atomic E-state index is 5.50. The number of hydrogen-bond acceptors (Lipinski definition) is 4. The number of methoxy groups -OCH3 is 1. The normalized spacial score (nSPS) is 35.0. The molecule has 0 bridgehead atoms. The van der Waals surface area contributed by atoms with Crippen molar-refractivity contribution < 1.29 is 14.2 Å². The lowest BCUT2D eigenvalue weighted by molar-refractivity contribution is -0.140. The SMILES string of the molecule is COC12C=CC(CCN)C=C1OCO2. The largest absolute Gasteiger partial charge is 0.466 e. The summed E-state index contributed by atoms with van der Waals surface area (Å²) in [5.74, 6) is 0.311. The molecule has 2 N–H and O–H groups in total. The second kappa shape index (κ2) is 3.73. The van der Waals surface area contributed by atoms with Gasteiger partial charge in [0.2, 0.25) is 5.79 Å². The first-order valence-electron chi connectivity index (χ1n) is 4.74. The summed E-state index contributed by atoms with van der Waals surface area (Å²) in [5, 5.41) is 0. The average molecular weight is 197 g/mol. The van der Waals surface area contributed by atoms with E-state index in [0.29, 0.717) is 12.5 Å². The third-order valence-electron chi connectivity index (χ3n) is 2.56. The molecule has 78 valence electrons. The number of fused-ring (bicyclic) bond motifs is 1. The molecule has 1 heterocycles. The van der Waals surface area contributed by atoms with E-state index in [4.69, 9.17) is 19.9 Å². The Kier molecular flexibility index (Phi) is 2.58. The summed E-state index contributed by atoms with van der Waals surface area (Å²) in [5.41, 5.74) is 5.50. The predicted molar refractivity (Wildman–Crippen MR) is 51.2 cm³/mol. The second-order valence-electron chi connectivity index (χ2n) is 3.41. The Morgan fingerprint density at radius 1 is 1.71 bits per heavy atom. The lowest BCUT2D eigenvalue weighted by Gasteiger charge is -2.26. The lowest BCUT2D eigenvalue weighted by Crippen LogP contribution is -2.32. The van der Waals surface area contributed by atoms with Gasteiger partial charge in [-0.25, -0.2) is 0 Å². The highest BCUT2D eigenvalue weighted by molar-refractivity contribution is 5.26. The van der Waals surface area contributed by atoms with Crippen molar-refractivity contribution in [3.63, 3.8) is 0 Å². The number of hydrogen-bond donors (Lipinski definition) is 1. The van der Waals surface area contributed by atoms with Crippen LogP contribution in [0.1, 0.15) is 6.42 Å². The van der Waals surface area contributed by atoms with E-state index in [9.17, 15) is 0 Å². The van der Waals surface area contributed by atoms with E-state index in [0.717, 1.165) is 12.2 Å². The lowest BCUT2D eigenvalue weighted by atomic mass is 9.95.